The normalized spacial score (nSPS) is 16.2. The second-order valence-corrected chi connectivity index (χ2v) is 5.58. The van der Waals surface area contributed by atoms with E-state index in [1.807, 2.05) is 0 Å². The average molecular weight is 365 g/mol. The molecule has 9 nitrogen and oxygen atoms in total. The van der Waals surface area contributed by atoms with Gasteiger partial charge >= 0.3 is 12.0 Å². The first-order chi connectivity index (χ1) is 12.5. The SMILES string of the molecule is CCOC(=O)CNC(=O)N[C@H]1CC(=O)N(c2ccc(OC)c(OC)c2)C1. The van der Waals surface area contributed by atoms with Crippen molar-refractivity contribution in [3.8, 4) is 11.5 Å². The van der Waals surface area contributed by atoms with E-state index < -0.39 is 12.0 Å². The number of esters is 1. The summed E-state index contributed by atoms with van der Waals surface area (Å²) in [6.07, 6.45) is 0.168. The van der Waals surface area contributed by atoms with Crippen LogP contribution in [0.25, 0.3) is 0 Å². The van der Waals surface area contributed by atoms with Crippen LogP contribution in [0.1, 0.15) is 13.3 Å². The Morgan fingerprint density at radius 3 is 2.62 bits per heavy atom. The van der Waals surface area contributed by atoms with E-state index in [0.717, 1.165) is 0 Å². The zero-order valence-corrected chi connectivity index (χ0v) is 15.0. The van der Waals surface area contributed by atoms with Crippen LogP contribution >= 0.6 is 0 Å². The van der Waals surface area contributed by atoms with Crippen LogP contribution in [-0.4, -0.2) is 57.9 Å². The van der Waals surface area contributed by atoms with Crippen LogP contribution in [0.4, 0.5) is 10.5 Å². The number of anilines is 1. The molecule has 2 rings (SSSR count). The number of hydrogen-bond donors (Lipinski definition) is 2. The van der Waals surface area contributed by atoms with E-state index in [1.54, 1.807) is 30.0 Å². The lowest BCUT2D eigenvalue weighted by molar-refractivity contribution is -0.141. The van der Waals surface area contributed by atoms with Gasteiger partial charge in [-0.15, -0.1) is 0 Å². The molecule has 2 N–H and O–H groups in total. The smallest absolute Gasteiger partial charge is 0.325 e. The molecule has 1 atom stereocenters. The summed E-state index contributed by atoms with van der Waals surface area (Å²) in [5, 5.41) is 5.09. The summed E-state index contributed by atoms with van der Waals surface area (Å²) >= 11 is 0. The van der Waals surface area contributed by atoms with Crippen molar-refractivity contribution in [3.63, 3.8) is 0 Å². The minimum Gasteiger partial charge on any atom is -0.493 e. The summed E-state index contributed by atoms with van der Waals surface area (Å²) in [6.45, 7) is 2.03. The Morgan fingerprint density at radius 1 is 1.23 bits per heavy atom. The molecule has 1 aromatic carbocycles. The molecular weight excluding hydrogens is 342 g/mol. The van der Waals surface area contributed by atoms with Crippen molar-refractivity contribution in [3.05, 3.63) is 18.2 Å². The van der Waals surface area contributed by atoms with Gasteiger partial charge in [0, 0.05) is 24.7 Å². The average Bonchev–Trinajstić information content (AvgIpc) is 2.99. The van der Waals surface area contributed by atoms with Gasteiger partial charge in [0.15, 0.2) is 11.5 Å². The minimum absolute atomic E-state index is 0.118. The predicted octanol–water partition coefficient (Wildman–Crippen LogP) is 0.671. The largest absolute Gasteiger partial charge is 0.493 e. The van der Waals surface area contributed by atoms with Gasteiger partial charge in [-0.1, -0.05) is 0 Å². The third kappa shape index (κ3) is 4.78. The number of urea groups is 1. The molecule has 1 saturated heterocycles. The fourth-order valence-electron chi connectivity index (χ4n) is 2.65. The quantitative estimate of drug-likeness (QED) is 0.688. The molecule has 9 heteroatoms. The number of carbonyl (C=O) groups excluding carboxylic acids is 3. The zero-order valence-electron chi connectivity index (χ0n) is 15.0. The number of hydrogen-bond acceptors (Lipinski definition) is 6. The van der Waals surface area contributed by atoms with Gasteiger partial charge in [-0.25, -0.2) is 4.79 Å². The lowest BCUT2D eigenvalue weighted by Gasteiger charge is -2.19. The molecule has 0 spiro atoms. The summed E-state index contributed by atoms with van der Waals surface area (Å²) in [5.41, 5.74) is 0.656. The molecule has 0 bridgehead atoms. The maximum atomic E-state index is 12.3. The second kappa shape index (κ2) is 8.93. The molecule has 0 aromatic heterocycles. The Balaban J connectivity index is 1.94. The summed E-state index contributed by atoms with van der Waals surface area (Å²) in [6, 6.07) is 4.29. The van der Waals surface area contributed by atoms with Crippen molar-refractivity contribution in [2.75, 3.05) is 38.8 Å². The Bertz CT molecular complexity index is 678. The highest BCUT2D eigenvalue weighted by atomic mass is 16.5. The van der Waals surface area contributed by atoms with Crippen molar-refractivity contribution in [2.24, 2.45) is 0 Å². The van der Waals surface area contributed by atoms with E-state index in [2.05, 4.69) is 10.6 Å². The topological polar surface area (TPSA) is 106 Å². The summed E-state index contributed by atoms with van der Waals surface area (Å²) in [5.74, 6) is 0.447. The first kappa shape index (κ1) is 19.4. The Kier molecular flexibility index (Phi) is 6.65. The lowest BCUT2D eigenvalue weighted by Crippen LogP contribution is -2.45. The molecule has 1 aliphatic rings. The maximum Gasteiger partial charge on any atom is 0.325 e. The van der Waals surface area contributed by atoms with E-state index >= 15 is 0 Å². The van der Waals surface area contributed by atoms with E-state index in [4.69, 9.17) is 14.2 Å². The van der Waals surface area contributed by atoms with Gasteiger partial charge in [0.05, 0.1) is 26.9 Å². The lowest BCUT2D eigenvalue weighted by atomic mass is 10.2. The standard InChI is InChI=1S/C17H23N3O6/c1-4-26-16(22)9-18-17(23)19-11-7-15(21)20(10-11)12-5-6-13(24-2)14(8-12)25-3/h5-6,8,11H,4,7,9-10H2,1-3H3,(H2,18,19,23)/t11-/m0/s1. The first-order valence-electron chi connectivity index (χ1n) is 8.20. The molecule has 0 radical (unpaired) electrons. The van der Waals surface area contributed by atoms with Crippen LogP contribution in [0.15, 0.2) is 18.2 Å². The Morgan fingerprint density at radius 2 is 1.96 bits per heavy atom. The van der Waals surface area contributed by atoms with Crippen LogP contribution < -0.4 is 25.0 Å². The van der Waals surface area contributed by atoms with Gasteiger partial charge in [0.25, 0.3) is 0 Å². The number of nitrogens with zero attached hydrogens (tertiary/aromatic N) is 1. The van der Waals surface area contributed by atoms with Crippen molar-refractivity contribution >= 4 is 23.6 Å². The van der Waals surface area contributed by atoms with Gasteiger partial charge in [-0.05, 0) is 19.1 Å². The first-order valence-corrected chi connectivity index (χ1v) is 8.20. The molecule has 0 aliphatic carbocycles. The predicted molar refractivity (Wildman–Crippen MR) is 93.5 cm³/mol. The van der Waals surface area contributed by atoms with Crippen LogP contribution in [-0.2, 0) is 14.3 Å². The number of rotatable bonds is 7. The van der Waals surface area contributed by atoms with Gasteiger partial charge < -0.3 is 29.7 Å². The van der Waals surface area contributed by atoms with Gasteiger partial charge in [-0.3, -0.25) is 9.59 Å². The Labute approximate surface area is 151 Å². The molecule has 3 amide bonds. The number of methoxy groups -OCH3 is 2. The van der Waals surface area contributed by atoms with Crippen LogP contribution in [0.2, 0.25) is 0 Å². The van der Waals surface area contributed by atoms with Gasteiger partial charge in [0.2, 0.25) is 5.91 Å². The molecule has 0 unspecified atom stereocenters. The Hall–Kier alpha value is -2.97. The number of benzene rings is 1. The highest BCUT2D eigenvalue weighted by Crippen LogP contribution is 2.33. The maximum absolute atomic E-state index is 12.3. The highest BCUT2D eigenvalue weighted by molar-refractivity contribution is 5.97. The summed E-state index contributed by atoms with van der Waals surface area (Å²) in [7, 11) is 3.05. The second-order valence-electron chi connectivity index (χ2n) is 5.58. The molecule has 1 fully saturated rings. The molecule has 1 aliphatic heterocycles. The van der Waals surface area contributed by atoms with Crippen molar-refractivity contribution < 1.29 is 28.6 Å². The van der Waals surface area contributed by atoms with E-state index in [-0.39, 0.29) is 31.5 Å². The third-order valence-electron chi connectivity index (χ3n) is 3.84. The van der Waals surface area contributed by atoms with E-state index in [9.17, 15) is 14.4 Å². The molecule has 26 heavy (non-hydrogen) atoms. The molecule has 0 saturated carbocycles. The third-order valence-corrected chi connectivity index (χ3v) is 3.84. The monoisotopic (exact) mass is 365 g/mol. The van der Waals surface area contributed by atoms with Gasteiger partial charge in [-0.2, -0.15) is 0 Å². The fraction of sp³-hybridized carbons (Fsp3) is 0.471. The van der Waals surface area contributed by atoms with E-state index in [1.165, 1.54) is 14.2 Å². The number of nitrogens with one attached hydrogen (secondary N) is 2. The van der Waals surface area contributed by atoms with Crippen LogP contribution in [0, 0.1) is 0 Å². The highest BCUT2D eigenvalue weighted by Gasteiger charge is 2.32. The molecule has 1 aromatic rings. The van der Waals surface area contributed by atoms with Crippen LogP contribution in [0.5, 0.6) is 11.5 Å². The van der Waals surface area contributed by atoms with Crippen molar-refractivity contribution in [2.45, 2.75) is 19.4 Å². The summed E-state index contributed by atoms with van der Waals surface area (Å²) < 4.78 is 15.2. The minimum atomic E-state index is -0.523. The van der Waals surface area contributed by atoms with Crippen molar-refractivity contribution in [1.82, 2.24) is 10.6 Å². The van der Waals surface area contributed by atoms with Crippen LogP contribution in [0.3, 0.4) is 0 Å². The molecule has 142 valence electrons. The number of amides is 3. The zero-order chi connectivity index (χ0) is 19.1. The molecule has 1 heterocycles. The summed E-state index contributed by atoms with van der Waals surface area (Å²) in [4.78, 5) is 36.9. The fourth-order valence-corrected chi connectivity index (χ4v) is 2.65. The van der Waals surface area contributed by atoms with E-state index in [0.29, 0.717) is 23.7 Å². The number of ether oxygens (including phenoxy) is 3. The van der Waals surface area contributed by atoms with Gasteiger partial charge in [0.1, 0.15) is 6.54 Å². The number of carbonyl (C=O) groups is 3. The molecular formula is C17H23N3O6. The van der Waals surface area contributed by atoms with Crippen molar-refractivity contribution in [1.29, 1.82) is 0 Å².